The highest BCUT2D eigenvalue weighted by Crippen LogP contribution is 2.59. The number of rotatable bonds is 9. The molecule has 2 bridgehead atoms. The Morgan fingerprint density at radius 1 is 1.16 bits per heavy atom. The van der Waals surface area contributed by atoms with Crippen molar-refractivity contribution in [3.8, 4) is 0 Å². The van der Waals surface area contributed by atoms with Gasteiger partial charge >= 0.3 is 0 Å². The van der Waals surface area contributed by atoms with Gasteiger partial charge in [0.05, 0.1) is 30.6 Å². The van der Waals surface area contributed by atoms with E-state index in [0.717, 1.165) is 17.2 Å². The van der Waals surface area contributed by atoms with E-state index in [1.807, 2.05) is 63.2 Å². The Morgan fingerprint density at radius 3 is 2.62 bits per heavy atom. The van der Waals surface area contributed by atoms with E-state index in [4.69, 9.17) is 4.74 Å². The van der Waals surface area contributed by atoms with E-state index < -0.39 is 29.5 Å². The van der Waals surface area contributed by atoms with Gasteiger partial charge in [0.1, 0.15) is 11.6 Å². The summed E-state index contributed by atoms with van der Waals surface area (Å²) in [6.45, 7) is 6.29. The van der Waals surface area contributed by atoms with Crippen molar-refractivity contribution in [3.05, 3.63) is 42.5 Å². The molecule has 3 amide bonds. The Kier molecular flexibility index (Phi) is 6.98. The Morgan fingerprint density at radius 2 is 1.92 bits per heavy atom. The van der Waals surface area contributed by atoms with Crippen molar-refractivity contribution < 1.29 is 24.2 Å². The van der Waals surface area contributed by atoms with E-state index in [1.54, 1.807) is 4.90 Å². The van der Waals surface area contributed by atoms with Crippen molar-refractivity contribution in [2.45, 2.75) is 70.2 Å². The van der Waals surface area contributed by atoms with Gasteiger partial charge in [0.2, 0.25) is 17.7 Å². The summed E-state index contributed by atoms with van der Waals surface area (Å²) in [5, 5.41) is 18.4. The third kappa shape index (κ3) is 4.30. The topological polar surface area (TPSA) is 108 Å². The van der Waals surface area contributed by atoms with Gasteiger partial charge in [-0.25, -0.2) is 0 Å². The minimum atomic E-state index is -1.08. The molecule has 0 aromatic heterocycles. The molecule has 3 saturated heterocycles. The molecule has 1 spiro atoms. The first kappa shape index (κ1) is 25.7. The first-order chi connectivity index (χ1) is 17.8. The van der Waals surface area contributed by atoms with Gasteiger partial charge in [-0.05, 0) is 54.5 Å². The number of amides is 3. The fraction of sp³-hybridized carbons (Fsp3) is 0.552. The third-order valence-corrected chi connectivity index (χ3v) is 8.20. The van der Waals surface area contributed by atoms with Crippen LogP contribution < -0.4 is 10.6 Å². The smallest absolute Gasteiger partial charge is 0.250 e. The summed E-state index contributed by atoms with van der Waals surface area (Å²) < 4.78 is 6.47. The number of hydrogen-bond donors (Lipinski definition) is 3. The van der Waals surface area contributed by atoms with E-state index in [2.05, 4.69) is 10.6 Å². The molecule has 6 atom stereocenters. The highest BCUT2D eigenvalue weighted by atomic mass is 16.5. The highest BCUT2D eigenvalue weighted by Gasteiger charge is 2.75. The third-order valence-electron chi connectivity index (χ3n) is 8.20. The molecular formula is C29H37N3O5. The zero-order valence-electron chi connectivity index (χ0n) is 21.8. The Hall–Kier alpha value is -2.97. The van der Waals surface area contributed by atoms with E-state index in [1.165, 1.54) is 0 Å². The van der Waals surface area contributed by atoms with Gasteiger partial charge < -0.3 is 25.4 Å². The summed E-state index contributed by atoms with van der Waals surface area (Å²) >= 11 is 0. The number of aliphatic hydroxyl groups is 1. The standard InChI is InChI=1S/C29H37N3O5/c1-4-13-30-26(34)23-22-11-12-29(37-22)24(23)28(36)32(21(16-33)14-17(2)3)25(29)27(35)31-20-10-9-18-7-5-6-8-19(18)15-20/h5-10,15,17,21-25,33H,4,11-14,16H2,1-3H3,(H,30,34)(H,31,35)/t21-,22-,23+,24+,25?,29?/m1/s1. The molecule has 5 rings (SSSR count). The summed E-state index contributed by atoms with van der Waals surface area (Å²) in [5.41, 5.74) is -0.452. The number of ether oxygens (including phenoxy) is 1. The van der Waals surface area contributed by atoms with Gasteiger partial charge in [0.25, 0.3) is 0 Å². The van der Waals surface area contributed by atoms with Crippen LogP contribution >= 0.6 is 0 Å². The molecule has 0 saturated carbocycles. The molecule has 198 valence electrons. The van der Waals surface area contributed by atoms with Crippen LogP contribution in [0.1, 0.15) is 46.5 Å². The SMILES string of the molecule is CCCNC(=O)[C@@H]1[C@H]2C(=O)N([C@@H](CO)CC(C)C)C(C(=O)Nc3ccc4ccccc4c3)C23CC[C@H]1O3. The quantitative estimate of drug-likeness (QED) is 0.484. The number of fused-ring (bicyclic) bond motifs is 2. The first-order valence-electron chi connectivity index (χ1n) is 13.5. The number of likely N-dealkylation sites (tertiary alicyclic amines) is 1. The monoisotopic (exact) mass is 507 g/mol. The minimum absolute atomic E-state index is 0.188. The molecule has 0 radical (unpaired) electrons. The van der Waals surface area contributed by atoms with Crippen LogP contribution in [-0.4, -0.2) is 64.7 Å². The van der Waals surface area contributed by atoms with Gasteiger partial charge in [-0.2, -0.15) is 0 Å². The zero-order chi connectivity index (χ0) is 26.3. The lowest BCUT2D eigenvalue weighted by Crippen LogP contribution is -2.56. The van der Waals surface area contributed by atoms with Crippen LogP contribution in [0.2, 0.25) is 0 Å². The number of anilines is 1. The predicted molar refractivity (Wildman–Crippen MR) is 141 cm³/mol. The largest absolute Gasteiger partial charge is 0.394 e. The lowest BCUT2D eigenvalue weighted by molar-refractivity contribution is -0.144. The number of carbonyl (C=O) groups excluding carboxylic acids is 3. The Bertz CT molecular complexity index is 1200. The molecule has 2 aromatic rings. The molecule has 0 aliphatic carbocycles. The van der Waals surface area contributed by atoms with Crippen molar-refractivity contribution >= 4 is 34.2 Å². The maximum absolute atomic E-state index is 14.1. The fourth-order valence-electron chi connectivity index (χ4n) is 6.75. The first-order valence-corrected chi connectivity index (χ1v) is 13.5. The van der Waals surface area contributed by atoms with Crippen LogP contribution in [0.5, 0.6) is 0 Å². The number of carbonyl (C=O) groups is 3. The Balaban J connectivity index is 1.51. The van der Waals surface area contributed by atoms with Crippen molar-refractivity contribution in [2.75, 3.05) is 18.5 Å². The maximum Gasteiger partial charge on any atom is 0.250 e. The van der Waals surface area contributed by atoms with Crippen molar-refractivity contribution in [1.29, 1.82) is 0 Å². The van der Waals surface area contributed by atoms with Gasteiger partial charge in [-0.3, -0.25) is 14.4 Å². The average Bonchev–Trinajstić information content (AvgIpc) is 3.53. The number of hydrogen-bond acceptors (Lipinski definition) is 5. The minimum Gasteiger partial charge on any atom is -0.394 e. The molecular weight excluding hydrogens is 470 g/mol. The van der Waals surface area contributed by atoms with E-state index in [-0.39, 0.29) is 36.4 Å². The molecule has 2 unspecified atom stereocenters. The molecule has 3 N–H and O–H groups in total. The van der Waals surface area contributed by atoms with Crippen molar-refractivity contribution in [2.24, 2.45) is 17.8 Å². The normalized spacial score (nSPS) is 29.1. The molecule has 37 heavy (non-hydrogen) atoms. The van der Waals surface area contributed by atoms with Gasteiger partial charge in [-0.15, -0.1) is 0 Å². The van der Waals surface area contributed by atoms with Gasteiger partial charge in [-0.1, -0.05) is 51.1 Å². The van der Waals surface area contributed by atoms with Crippen LogP contribution in [0, 0.1) is 17.8 Å². The lowest BCUT2D eigenvalue weighted by atomic mass is 9.70. The van der Waals surface area contributed by atoms with E-state index in [0.29, 0.717) is 31.5 Å². The number of nitrogens with zero attached hydrogens (tertiary/aromatic N) is 1. The summed E-state index contributed by atoms with van der Waals surface area (Å²) in [6.07, 6.45) is 2.09. The van der Waals surface area contributed by atoms with Crippen LogP contribution in [0.25, 0.3) is 10.8 Å². The second-order valence-electron chi connectivity index (χ2n) is 11.1. The number of nitrogens with one attached hydrogen (secondary N) is 2. The highest BCUT2D eigenvalue weighted by molar-refractivity contribution is 6.04. The van der Waals surface area contributed by atoms with Crippen molar-refractivity contribution in [3.63, 3.8) is 0 Å². The molecule has 3 aliphatic heterocycles. The summed E-state index contributed by atoms with van der Waals surface area (Å²) in [4.78, 5) is 42.8. The molecule has 3 fully saturated rings. The Labute approximate surface area is 217 Å². The zero-order valence-corrected chi connectivity index (χ0v) is 21.8. The van der Waals surface area contributed by atoms with Crippen LogP contribution in [0.3, 0.4) is 0 Å². The molecule has 3 aliphatic rings. The average molecular weight is 508 g/mol. The summed E-state index contributed by atoms with van der Waals surface area (Å²) in [7, 11) is 0. The van der Waals surface area contributed by atoms with E-state index >= 15 is 0 Å². The molecule has 2 aromatic carbocycles. The fourth-order valence-corrected chi connectivity index (χ4v) is 6.75. The van der Waals surface area contributed by atoms with Crippen molar-refractivity contribution in [1.82, 2.24) is 10.2 Å². The molecule has 8 heteroatoms. The van der Waals surface area contributed by atoms with Gasteiger partial charge in [0, 0.05) is 12.2 Å². The predicted octanol–water partition coefficient (Wildman–Crippen LogP) is 3.09. The maximum atomic E-state index is 14.1. The van der Waals surface area contributed by atoms with Gasteiger partial charge in [0.15, 0.2) is 0 Å². The van der Waals surface area contributed by atoms with Crippen LogP contribution in [0.4, 0.5) is 5.69 Å². The lowest BCUT2D eigenvalue weighted by Gasteiger charge is -2.37. The summed E-state index contributed by atoms with van der Waals surface area (Å²) in [6, 6.07) is 12.1. The second-order valence-corrected chi connectivity index (χ2v) is 11.1. The van der Waals surface area contributed by atoms with Crippen LogP contribution in [0.15, 0.2) is 42.5 Å². The summed E-state index contributed by atoms with van der Waals surface area (Å²) in [5.74, 6) is -1.97. The number of benzene rings is 2. The number of aliphatic hydroxyl groups excluding tert-OH is 1. The van der Waals surface area contributed by atoms with E-state index in [9.17, 15) is 19.5 Å². The second kappa shape index (κ2) is 10.1. The molecule has 8 nitrogen and oxygen atoms in total. The molecule has 3 heterocycles. The van der Waals surface area contributed by atoms with Crippen LogP contribution in [-0.2, 0) is 19.1 Å².